The molecule has 1 N–H and O–H groups in total. The summed E-state index contributed by atoms with van der Waals surface area (Å²) in [4.78, 5) is 16.8. The van der Waals surface area contributed by atoms with E-state index in [2.05, 4.69) is 15.1 Å². The predicted molar refractivity (Wildman–Crippen MR) is 71.4 cm³/mol. The molecule has 0 aromatic carbocycles. The molecular weight excluding hydrogens is 226 g/mol. The van der Waals surface area contributed by atoms with E-state index < -0.39 is 0 Å². The van der Waals surface area contributed by atoms with Crippen molar-refractivity contribution >= 4 is 5.91 Å². The third kappa shape index (κ3) is 2.54. The van der Waals surface area contributed by atoms with Gasteiger partial charge in [0.1, 0.15) is 0 Å². The third-order valence-corrected chi connectivity index (χ3v) is 4.95. The number of hydrogen-bond acceptors (Lipinski definition) is 3. The highest BCUT2D eigenvalue weighted by Crippen LogP contribution is 2.39. The van der Waals surface area contributed by atoms with E-state index in [0.717, 1.165) is 39.1 Å². The minimum absolute atomic E-state index is 0.313. The summed E-state index contributed by atoms with van der Waals surface area (Å²) in [6.07, 6.45) is 5.83. The van der Waals surface area contributed by atoms with Crippen LogP contribution in [-0.2, 0) is 4.79 Å². The Morgan fingerprint density at radius 1 is 1.11 bits per heavy atom. The quantitative estimate of drug-likeness (QED) is 0.801. The van der Waals surface area contributed by atoms with Gasteiger partial charge >= 0.3 is 0 Å². The lowest BCUT2D eigenvalue weighted by Gasteiger charge is -2.33. The van der Waals surface area contributed by atoms with Crippen molar-refractivity contribution in [2.45, 2.75) is 32.1 Å². The van der Waals surface area contributed by atoms with Crippen LogP contribution in [0.25, 0.3) is 0 Å². The van der Waals surface area contributed by atoms with Crippen molar-refractivity contribution in [3.05, 3.63) is 0 Å². The van der Waals surface area contributed by atoms with Gasteiger partial charge in [0.15, 0.2) is 0 Å². The van der Waals surface area contributed by atoms with E-state index in [1.165, 1.54) is 38.8 Å². The van der Waals surface area contributed by atoms with Gasteiger partial charge in [-0.15, -0.1) is 0 Å². The summed E-state index contributed by atoms with van der Waals surface area (Å²) in [7, 11) is 0. The minimum atomic E-state index is 0.313. The smallest absolute Gasteiger partial charge is 0.223 e. The normalized spacial score (nSPS) is 28.4. The molecule has 3 aliphatic rings. The summed E-state index contributed by atoms with van der Waals surface area (Å²) in [5.41, 5.74) is 0.313. The van der Waals surface area contributed by atoms with Crippen LogP contribution in [0.4, 0.5) is 0 Å². The highest BCUT2D eigenvalue weighted by molar-refractivity contribution is 5.79. The molecule has 18 heavy (non-hydrogen) atoms. The number of rotatable bonds is 3. The second-order valence-electron chi connectivity index (χ2n) is 6.29. The fraction of sp³-hybridized carbons (Fsp3) is 0.929. The van der Waals surface area contributed by atoms with Gasteiger partial charge in [-0.2, -0.15) is 0 Å². The molecule has 4 nitrogen and oxygen atoms in total. The average molecular weight is 251 g/mol. The lowest BCUT2D eigenvalue weighted by atomic mass is 9.78. The molecule has 1 spiro atoms. The van der Waals surface area contributed by atoms with Crippen molar-refractivity contribution in [1.29, 1.82) is 0 Å². The Morgan fingerprint density at radius 2 is 1.83 bits per heavy atom. The first-order chi connectivity index (χ1) is 8.77. The van der Waals surface area contributed by atoms with Crippen LogP contribution in [0.15, 0.2) is 0 Å². The highest BCUT2D eigenvalue weighted by Gasteiger charge is 2.43. The van der Waals surface area contributed by atoms with Crippen LogP contribution in [0.2, 0.25) is 0 Å². The second-order valence-corrected chi connectivity index (χ2v) is 6.29. The number of carbonyl (C=O) groups excluding carboxylic acids is 1. The molecular formula is C14H25N3O. The largest absolute Gasteiger partial charge is 0.341 e. The number of carbonyl (C=O) groups is 1. The number of nitrogens with one attached hydrogen (secondary N) is 1. The number of hydrogen-bond donors (Lipinski definition) is 1. The van der Waals surface area contributed by atoms with Gasteiger partial charge in [0.2, 0.25) is 5.91 Å². The van der Waals surface area contributed by atoms with Gasteiger partial charge in [-0.3, -0.25) is 4.79 Å². The van der Waals surface area contributed by atoms with Crippen molar-refractivity contribution in [3.63, 3.8) is 0 Å². The van der Waals surface area contributed by atoms with Gasteiger partial charge in [-0.25, -0.2) is 0 Å². The maximum atomic E-state index is 12.1. The Kier molecular flexibility index (Phi) is 3.57. The van der Waals surface area contributed by atoms with Crippen molar-refractivity contribution in [3.8, 4) is 0 Å². The Labute approximate surface area is 110 Å². The van der Waals surface area contributed by atoms with Crippen LogP contribution < -0.4 is 5.32 Å². The standard InChI is InChI=1S/C14H25N3O/c18-13-11-14(3-5-15-6-4-14)12-17(13)10-9-16-7-1-2-8-16/h15H,1-12H2. The molecule has 3 aliphatic heterocycles. The predicted octanol–water partition coefficient (Wildman–Crippen LogP) is 0.684. The van der Waals surface area contributed by atoms with Crippen LogP contribution in [0, 0.1) is 5.41 Å². The van der Waals surface area contributed by atoms with E-state index in [1.54, 1.807) is 0 Å². The van der Waals surface area contributed by atoms with Gasteiger partial charge in [-0.1, -0.05) is 0 Å². The van der Waals surface area contributed by atoms with E-state index >= 15 is 0 Å². The van der Waals surface area contributed by atoms with E-state index in [9.17, 15) is 4.79 Å². The summed E-state index contributed by atoms with van der Waals surface area (Å²) in [6, 6.07) is 0. The molecule has 1 amide bonds. The molecule has 0 aromatic heterocycles. The van der Waals surface area contributed by atoms with Gasteiger partial charge in [-0.05, 0) is 57.3 Å². The zero-order valence-electron chi connectivity index (χ0n) is 11.3. The minimum Gasteiger partial charge on any atom is -0.341 e. The fourth-order valence-corrected chi connectivity index (χ4v) is 3.75. The van der Waals surface area contributed by atoms with Crippen LogP contribution in [0.5, 0.6) is 0 Å². The maximum absolute atomic E-state index is 12.1. The van der Waals surface area contributed by atoms with E-state index in [1.807, 2.05) is 0 Å². The summed E-state index contributed by atoms with van der Waals surface area (Å²) in [5.74, 6) is 0.399. The van der Waals surface area contributed by atoms with Crippen LogP contribution >= 0.6 is 0 Å². The molecule has 3 saturated heterocycles. The number of nitrogens with zero attached hydrogens (tertiary/aromatic N) is 2. The van der Waals surface area contributed by atoms with Crippen molar-refractivity contribution in [2.75, 3.05) is 45.8 Å². The first-order valence-corrected chi connectivity index (χ1v) is 7.48. The molecule has 0 saturated carbocycles. The Balaban J connectivity index is 1.52. The Morgan fingerprint density at radius 3 is 2.56 bits per heavy atom. The maximum Gasteiger partial charge on any atom is 0.223 e. The zero-order valence-corrected chi connectivity index (χ0v) is 11.3. The lowest BCUT2D eigenvalue weighted by Crippen LogP contribution is -2.40. The lowest BCUT2D eigenvalue weighted by molar-refractivity contribution is -0.128. The molecule has 0 bridgehead atoms. The molecule has 0 aliphatic carbocycles. The third-order valence-electron chi connectivity index (χ3n) is 4.95. The molecule has 0 unspecified atom stereocenters. The van der Waals surface area contributed by atoms with E-state index in [4.69, 9.17) is 0 Å². The molecule has 3 fully saturated rings. The molecule has 4 heteroatoms. The monoisotopic (exact) mass is 251 g/mol. The van der Waals surface area contributed by atoms with Crippen LogP contribution in [-0.4, -0.2) is 61.5 Å². The highest BCUT2D eigenvalue weighted by atomic mass is 16.2. The molecule has 0 aromatic rings. The Bertz CT molecular complexity index is 306. The van der Waals surface area contributed by atoms with Gasteiger partial charge in [0.05, 0.1) is 0 Å². The van der Waals surface area contributed by atoms with Crippen molar-refractivity contribution < 1.29 is 4.79 Å². The van der Waals surface area contributed by atoms with Gasteiger partial charge in [0, 0.05) is 26.1 Å². The summed E-state index contributed by atoms with van der Waals surface area (Å²) in [6.45, 7) is 7.70. The Hall–Kier alpha value is -0.610. The number of piperidine rings is 1. The van der Waals surface area contributed by atoms with Crippen molar-refractivity contribution in [2.24, 2.45) is 5.41 Å². The summed E-state index contributed by atoms with van der Waals surface area (Å²) < 4.78 is 0. The van der Waals surface area contributed by atoms with Crippen LogP contribution in [0.1, 0.15) is 32.1 Å². The van der Waals surface area contributed by atoms with Crippen molar-refractivity contribution in [1.82, 2.24) is 15.1 Å². The molecule has 0 atom stereocenters. The molecule has 102 valence electrons. The zero-order chi connectivity index (χ0) is 12.4. The van der Waals surface area contributed by atoms with E-state index in [-0.39, 0.29) is 0 Å². The summed E-state index contributed by atoms with van der Waals surface area (Å²) in [5, 5.41) is 3.40. The van der Waals surface area contributed by atoms with Gasteiger partial charge < -0.3 is 15.1 Å². The van der Waals surface area contributed by atoms with E-state index in [0.29, 0.717) is 11.3 Å². The fourth-order valence-electron chi connectivity index (χ4n) is 3.75. The molecule has 3 heterocycles. The number of likely N-dealkylation sites (tertiary alicyclic amines) is 2. The second kappa shape index (κ2) is 5.17. The first kappa shape index (κ1) is 12.4. The van der Waals surface area contributed by atoms with Crippen LogP contribution in [0.3, 0.4) is 0 Å². The molecule has 3 rings (SSSR count). The topological polar surface area (TPSA) is 35.6 Å². The average Bonchev–Trinajstić information content (AvgIpc) is 2.97. The summed E-state index contributed by atoms with van der Waals surface area (Å²) >= 11 is 0. The van der Waals surface area contributed by atoms with Gasteiger partial charge in [0.25, 0.3) is 0 Å². The first-order valence-electron chi connectivity index (χ1n) is 7.48. The number of amides is 1. The molecule has 0 radical (unpaired) electrons. The SMILES string of the molecule is O=C1CC2(CCNCC2)CN1CCN1CCCC1.